The maximum Gasteiger partial charge on any atom is 0.242 e. The smallest absolute Gasteiger partial charge is 0.242 e. The molecule has 2 aromatic rings. The molecule has 2 rings (SSSR count). The van der Waals surface area contributed by atoms with Crippen molar-refractivity contribution in [1.82, 2.24) is 10.2 Å². The van der Waals surface area contributed by atoms with E-state index < -0.39 is 6.04 Å². The zero-order chi connectivity index (χ0) is 20.4. The molecular formula is C23H30N2O2S. The summed E-state index contributed by atoms with van der Waals surface area (Å²) in [5.74, 6) is 1.53. The summed E-state index contributed by atoms with van der Waals surface area (Å²) in [6.07, 6.45) is 0.424. The molecule has 1 unspecified atom stereocenters. The monoisotopic (exact) mass is 398 g/mol. The molecule has 0 heterocycles. The van der Waals surface area contributed by atoms with Crippen LogP contribution in [-0.2, 0) is 21.9 Å². The second-order valence-electron chi connectivity index (χ2n) is 6.87. The summed E-state index contributed by atoms with van der Waals surface area (Å²) in [6, 6.07) is 17.8. The second-order valence-corrected chi connectivity index (χ2v) is 7.97. The zero-order valence-electron chi connectivity index (χ0n) is 17.0. The van der Waals surface area contributed by atoms with Crippen molar-refractivity contribution in [3.63, 3.8) is 0 Å². The van der Waals surface area contributed by atoms with E-state index >= 15 is 0 Å². The fourth-order valence-corrected chi connectivity index (χ4v) is 3.87. The Hall–Kier alpha value is -2.27. The maximum atomic E-state index is 12.9. The third-order valence-corrected chi connectivity index (χ3v) is 5.56. The van der Waals surface area contributed by atoms with E-state index in [9.17, 15) is 9.59 Å². The van der Waals surface area contributed by atoms with Gasteiger partial charge in [-0.25, -0.2) is 0 Å². The minimum absolute atomic E-state index is 0.0146. The van der Waals surface area contributed by atoms with E-state index in [1.54, 1.807) is 23.6 Å². The molecule has 2 amide bonds. The van der Waals surface area contributed by atoms with E-state index in [0.29, 0.717) is 19.5 Å². The van der Waals surface area contributed by atoms with Crippen LogP contribution >= 0.6 is 11.8 Å². The average Bonchev–Trinajstić information content (AvgIpc) is 2.70. The third kappa shape index (κ3) is 7.04. The molecule has 0 spiro atoms. The summed E-state index contributed by atoms with van der Waals surface area (Å²) in [6.45, 7) is 6.72. The van der Waals surface area contributed by atoms with Crippen LogP contribution in [0.25, 0.3) is 0 Å². The Morgan fingerprint density at radius 2 is 1.79 bits per heavy atom. The Balaban J connectivity index is 1.98. The van der Waals surface area contributed by atoms with Gasteiger partial charge in [-0.05, 0) is 31.9 Å². The number of rotatable bonds is 10. The SMILES string of the molecule is CCNC(=O)C(C)N(Cc1cccc(C)c1)C(=O)CCSCc1ccccc1. The lowest BCUT2D eigenvalue weighted by Crippen LogP contribution is -2.47. The largest absolute Gasteiger partial charge is 0.355 e. The molecule has 1 atom stereocenters. The number of nitrogens with zero attached hydrogens (tertiary/aromatic N) is 1. The van der Waals surface area contributed by atoms with Crippen LogP contribution in [0.4, 0.5) is 0 Å². The van der Waals surface area contributed by atoms with Crippen LogP contribution in [0.5, 0.6) is 0 Å². The molecule has 0 aromatic heterocycles. The number of nitrogens with one attached hydrogen (secondary N) is 1. The number of likely N-dealkylation sites (N-methyl/N-ethyl adjacent to an activating group) is 1. The molecule has 2 aromatic carbocycles. The van der Waals surface area contributed by atoms with Crippen LogP contribution in [0.15, 0.2) is 54.6 Å². The Labute approximate surface area is 172 Å². The number of carbonyl (C=O) groups excluding carboxylic acids is 2. The van der Waals surface area contributed by atoms with Crippen molar-refractivity contribution >= 4 is 23.6 Å². The molecule has 0 aliphatic rings. The van der Waals surface area contributed by atoms with Crippen LogP contribution in [-0.4, -0.2) is 35.1 Å². The Morgan fingerprint density at radius 1 is 1.07 bits per heavy atom. The normalized spacial score (nSPS) is 11.7. The molecule has 28 heavy (non-hydrogen) atoms. The van der Waals surface area contributed by atoms with Crippen molar-refractivity contribution in [2.45, 2.75) is 45.5 Å². The molecule has 5 heteroatoms. The lowest BCUT2D eigenvalue weighted by molar-refractivity contribution is -0.140. The van der Waals surface area contributed by atoms with E-state index in [-0.39, 0.29) is 11.8 Å². The molecule has 0 saturated heterocycles. The van der Waals surface area contributed by atoms with Crippen molar-refractivity contribution in [1.29, 1.82) is 0 Å². The van der Waals surface area contributed by atoms with Crippen LogP contribution in [0.3, 0.4) is 0 Å². The fraction of sp³-hybridized carbons (Fsp3) is 0.391. The Kier molecular flexibility index (Phi) is 9.08. The third-order valence-electron chi connectivity index (χ3n) is 4.53. The average molecular weight is 399 g/mol. The van der Waals surface area contributed by atoms with Crippen molar-refractivity contribution in [2.24, 2.45) is 0 Å². The first-order valence-electron chi connectivity index (χ1n) is 9.75. The predicted octanol–water partition coefficient (Wildman–Crippen LogP) is 4.17. The van der Waals surface area contributed by atoms with Crippen molar-refractivity contribution in [2.75, 3.05) is 12.3 Å². The van der Waals surface area contributed by atoms with Gasteiger partial charge in [0.15, 0.2) is 0 Å². The summed E-state index contributed by atoms with van der Waals surface area (Å²) in [5, 5.41) is 2.83. The molecule has 0 saturated carbocycles. The molecule has 0 fully saturated rings. The number of carbonyl (C=O) groups is 2. The minimum atomic E-state index is -0.493. The van der Waals surface area contributed by atoms with Gasteiger partial charge < -0.3 is 10.2 Å². The van der Waals surface area contributed by atoms with Gasteiger partial charge >= 0.3 is 0 Å². The van der Waals surface area contributed by atoms with Crippen LogP contribution in [0.1, 0.15) is 37.0 Å². The summed E-state index contributed by atoms with van der Waals surface area (Å²) in [4.78, 5) is 27.0. The van der Waals surface area contributed by atoms with Gasteiger partial charge in [0.1, 0.15) is 6.04 Å². The van der Waals surface area contributed by atoms with Gasteiger partial charge in [0.05, 0.1) is 0 Å². The maximum absolute atomic E-state index is 12.9. The quantitative estimate of drug-likeness (QED) is 0.611. The summed E-state index contributed by atoms with van der Waals surface area (Å²) >= 11 is 1.74. The predicted molar refractivity (Wildman–Crippen MR) is 117 cm³/mol. The first-order chi connectivity index (χ1) is 13.5. The highest BCUT2D eigenvalue weighted by atomic mass is 32.2. The van der Waals surface area contributed by atoms with Crippen LogP contribution < -0.4 is 5.32 Å². The van der Waals surface area contributed by atoms with Crippen LogP contribution in [0.2, 0.25) is 0 Å². The molecule has 0 aliphatic heterocycles. The number of amides is 2. The lowest BCUT2D eigenvalue weighted by atomic mass is 10.1. The van der Waals surface area contributed by atoms with Crippen LogP contribution in [0, 0.1) is 6.92 Å². The van der Waals surface area contributed by atoms with E-state index in [1.165, 1.54) is 5.56 Å². The van der Waals surface area contributed by atoms with E-state index in [2.05, 4.69) is 23.5 Å². The lowest BCUT2D eigenvalue weighted by Gasteiger charge is -2.29. The van der Waals surface area contributed by atoms with Crippen molar-refractivity contribution in [3.8, 4) is 0 Å². The Bertz CT molecular complexity index is 764. The molecular weight excluding hydrogens is 368 g/mol. The molecule has 4 nitrogen and oxygen atoms in total. The minimum Gasteiger partial charge on any atom is -0.355 e. The van der Waals surface area contributed by atoms with Crippen molar-refractivity contribution in [3.05, 3.63) is 71.3 Å². The van der Waals surface area contributed by atoms with E-state index in [1.807, 2.05) is 50.2 Å². The summed E-state index contributed by atoms with van der Waals surface area (Å²) in [5.41, 5.74) is 3.45. The van der Waals surface area contributed by atoms with Gasteiger partial charge in [-0.3, -0.25) is 9.59 Å². The molecule has 0 aliphatic carbocycles. The fourth-order valence-electron chi connectivity index (χ4n) is 2.98. The van der Waals surface area contributed by atoms with Gasteiger partial charge in [0, 0.05) is 31.0 Å². The zero-order valence-corrected chi connectivity index (χ0v) is 17.8. The highest BCUT2D eigenvalue weighted by Crippen LogP contribution is 2.16. The number of thioether (sulfide) groups is 1. The Morgan fingerprint density at radius 3 is 2.46 bits per heavy atom. The second kappa shape index (κ2) is 11.5. The van der Waals surface area contributed by atoms with Gasteiger partial charge in [0.2, 0.25) is 11.8 Å². The van der Waals surface area contributed by atoms with E-state index in [4.69, 9.17) is 0 Å². The van der Waals surface area contributed by atoms with Gasteiger partial charge in [0.25, 0.3) is 0 Å². The standard InChI is InChI=1S/C23H30N2O2S/c1-4-24-23(27)19(3)25(16-21-12-8-9-18(2)15-21)22(26)13-14-28-17-20-10-6-5-7-11-20/h5-12,15,19H,4,13-14,16-17H2,1-3H3,(H,24,27). The molecule has 0 radical (unpaired) electrons. The number of hydrogen-bond acceptors (Lipinski definition) is 3. The van der Waals surface area contributed by atoms with Gasteiger partial charge in [-0.1, -0.05) is 60.2 Å². The highest BCUT2D eigenvalue weighted by molar-refractivity contribution is 7.98. The highest BCUT2D eigenvalue weighted by Gasteiger charge is 2.25. The van der Waals surface area contributed by atoms with E-state index in [0.717, 1.165) is 22.6 Å². The summed E-state index contributed by atoms with van der Waals surface area (Å²) < 4.78 is 0. The first kappa shape index (κ1) is 22.0. The first-order valence-corrected chi connectivity index (χ1v) is 10.9. The topological polar surface area (TPSA) is 49.4 Å². The number of aryl methyl sites for hydroxylation is 1. The molecule has 1 N–H and O–H groups in total. The molecule has 150 valence electrons. The number of hydrogen-bond donors (Lipinski definition) is 1. The van der Waals surface area contributed by atoms with Crippen molar-refractivity contribution < 1.29 is 9.59 Å². The van der Waals surface area contributed by atoms with Gasteiger partial charge in [-0.2, -0.15) is 11.8 Å². The number of benzene rings is 2. The molecule has 0 bridgehead atoms. The van der Waals surface area contributed by atoms with Gasteiger partial charge in [-0.15, -0.1) is 0 Å². The summed E-state index contributed by atoms with van der Waals surface area (Å²) in [7, 11) is 0.